The molecular formula is C9H10BrNO. The molecule has 0 amide bonds. The third-order valence-electron chi connectivity index (χ3n) is 2.22. The van der Waals surface area contributed by atoms with Crippen LogP contribution in [-0.2, 0) is 6.42 Å². The van der Waals surface area contributed by atoms with Crippen LogP contribution in [0.25, 0.3) is 0 Å². The van der Waals surface area contributed by atoms with Crippen LogP contribution in [0.5, 0.6) is 0 Å². The van der Waals surface area contributed by atoms with Crippen LogP contribution in [0.4, 0.5) is 0 Å². The average Bonchev–Trinajstić information content (AvgIpc) is 2.07. The van der Waals surface area contributed by atoms with Gasteiger partial charge in [-0.1, -0.05) is 6.07 Å². The predicted octanol–water partition coefficient (Wildman–Crippen LogP) is 2.21. The molecule has 2 nitrogen and oxygen atoms in total. The highest BCUT2D eigenvalue weighted by atomic mass is 79.9. The lowest BCUT2D eigenvalue weighted by Gasteiger charge is -2.19. The number of hydrogen-bond acceptors (Lipinski definition) is 2. The topological polar surface area (TPSA) is 33.1 Å². The van der Waals surface area contributed by atoms with Crippen molar-refractivity contribution in [3.05, 3.63) is 28.0 Å². The molecule has 0 aliphatic heterocycles. The average molecular weight is 228 g/mol. The van der Waals surface area contributed by atoms with Gasteiger partial charge in [0.05, 0.1) is 11.8 Å². The fraction of sp³-hybridized carbons (Fsp3) is 0.444. The molecule has 0 saturated heterocycles. The summed E-state index contributed by atoms with van der Waals surface area (Å²) in [5, 5.41) is 9.60. The number of rotatable bonds is 0. The van der Waals surface area contributed by atoms with E-state index in [9.17, 15) is 5.11 Å². The molecule has 0 spiro atoms. The van der Waals surface area contributed by atoms with E-state index in [0.717, 1.165) is 29.6 Å². The van der Waals surface area contributed by atoms with Crippen LogP contribution in [-0.4, -0.2) is 10.1 Å². The van der Waals surface area contributed by atoms with Gasteiger partial charge in [0, 0.05) is 0 Å². The normalized spacial score (nSPS) is 22.0. The maximum absolute atomic E-state index is 9.60. The molecule has 0 unspecified atom stereocenters. The van der Waals surface area contributed by atoms with E-state index >= 15 is 0 Å². The number of aliphatic hydroxyl groups excluding tert-OH is 1. The van der Waals surface area contributed by atoms with E-state index in [1.54, 1.807) is 0 Å². The Balaban J connectivity index is 2.47. The maximum Gasteiger partial charge on any atom is 0.106 e. The first kappa shape index (κ1) is 8.20. The predicted molar refractivity (Wildman–Crippen MR) is 49.8 cm³/mol. The van der Waals surface area contributed by atoms with E-state index in [4.69, 9.17) is 0 Å². The van der Waals surface area contributed by atoms with E-state index in [-0.39, 0.29) is 6.10 Å². The van der Waals surface area contributed by atoms with Crippen molar-refractivity contribution in [1.82, 2.24) is 4.98 Å². The van der Waals surface area contributed by atoms with Crippen LogP contribution in [0.3, 0.4) is 0 Å². The molecule has 64 valence electrons. The van der Waals surface area contributed by atoms with Crippen molar-refractivity contribution in [2.75, 3.05) is 0 Å². The van der Waals surface area contributed by atoms with Crippen LogP contribution >= 0.6 is 15.9 Å². The molecule has 0 aromatic carbocycles. The smallest absolute Gasteiger partial charge is 0.106 e. The van der Waals surface area contributed by atoms with Gasteiger partial charge in [-0.05, 0) is 46.8 Å². The van der Waals surface area contributed by atoms with Crippen molar-refractivity contribution in [2.24, 2.45) is 0 Å². The second kappa shape index (κ2) is 3.15. The van der Waals surface area contributed by atoms with Crippen LogP contribution < -0.4 is 0 Å². The number of pyridine rings is 1. The molecule has 1 atom stereocenters. The van der Waals surface area contributed by atoms with Gasteiger partial charge in [-0.3, -0.25) is 0 Å². The summed E-state index contributed by atoms with van der Waals surface area (Å²) in [6, 6.07) is 3.96. The zero-order valence-electron chi connectivity index (χ0n) is 6.63. The molecule has 1 aromatic heterocycles. The van der Waals surface area contributed by atoms with Crippen molar-refractivity contribution in [2.45, 2.75) is 25.4 Å². The summed E-state index contributed by atoms with van der Waals surface area (Å²) in [5.41, 5.74) is 2.05. The third-order valence-corrected chi connectivity index (χ3v) is 2.66. The number of aryl methyl sites for hydroxylation is 1. The van der Waals surface area contributed by atoms with Gasteiger partial charge in [0.15, 0.2) is 0 Å². The number of halogens is 1. The molecule has 3 heteroatoms. The van der Waals surface area contributed by atoms with Crippen molar-refractivity contribution >= 4 is 15.9 Å². The third kappa shape index (κ3) is 1.39. The summed E-state index contributed by atoms with van der Waals surface area (Å²) in [6.07, 6.45) is 2.60. The summed E-state index contributed by atoms with van der Waals surface area (Å²) >= 11 is 3.30. The zero-order chi connectivity index (χ0) is 8.55. The Morgan fingerprint density at radius 1 is 1.50 bits per heavy atom. The quantitative estimate of drug-likeness (QED) is 0.690. The van der Waals surface area contributed by atoms with Crippen molar-refractivity contribution in [3.8, 4) is 0 Å². The Morgan fingerprint density at radius 2 is 2.33 bits per heavy atom. The van der Waals surface area contributed by atoms with Crippen molar-refractivity contribution < 1.29 is 5.11 Å². The van der Waals surface area contributed by atoms with Gasteiger partial charge in [-0.15, -0.1) is 0 Å². The molecule has 1 heterocycles. The first-order valence-corrected chi connectivity index (χ1v) is 4.90. The second-order valence-electron chi connectivity index (χ2n) is 3.09. The van der Waals surface area contributed by atoms with E-state index in [1.165, 1.54) is 5.56 Å². The largest absolute Gasteiger partial charge is 0.387 e. The standard InChI is InChI=1S/C9H10BrNO/c10-8-5-4-6-2-1-3-7(12)9(6)11-8/h4-5,7,12H,1-3H2/t7-/m1/s1. The Morgan fingerprint density at radius 3 is 3.17 bits per heavy atom. The molecule has 12 heavy (non-hydrogen) atoms. The van der Waals surface area contributed by atoms with Gasteiger partial charge in [-0.2, -0.15) is 0 Å². The van der Waals surface area contributed by atoms with Crippen LogP contribution in [0.2, 0.25) is 0 Å². The molecule has 1 aromatic rings. The van der Waals surface area contributed by atoms with Gasteiger partial charge in [0.25, 0.3) is 0 Å². The Bertz CT molecular complexity index is 301. The van der Waals surface area contributed by atoms with Crippen LogP contribution in [0.15, 0.2) is 16.7 Å². The molecule has 2 rings (SSSR count). The van der Waals surface area contributed by atoms with Gasteiger partial charge in [-0.25, -0.2) is 4.98 Å². The van der Waals surface area contributed by atoms with E-state index in [1.807, 2.05) is 12.1 Å². The fourth-order valence-electron chi connectivity index (χ4n) is 1.60. The van der Waals surface area contributed by atoms with E-state index in [2.05, 4.69) is 20.9 Å². The van der Waals surface area contributed by atoms with Crippen molar-refractivity contribution in [3.63, 3.8) is 0 Å². The van der Waals surface area contributed by atoms with E-state index in [0.29, 0.717) is 0 Å². The number of aliphatic hydroxyl groups is 1. The minimum Gasteiger partial charge on any atom is -0.387 e. The first-order chi connectivity index (χ1) is 5.77. The van der Waals surface area contributed by atoms with Gasteiger partial charge < -0.3 is 5.11 Å². The molecule has 0 saturated carbocycles. The first-order valence-electron chi connectivity index (χ1n) is 4.11. The molecule has 1 aliphatic rings. The highest BCUT2D eigenvalue weighted by Gasteiger charge is 2.18. The molecule has 0 radical (unpaired) electrons. The van der Waals surface area contributed by atoms with Gasteiger partial charge >= 0.3 is 0 Å². The second-order valence-corrected chi connectivity index (χ2v) is 3.90. The SMILES string of the molecule is O[C@@H]1CCCc2ccc(Br)nc21. The number of fused-ring (bicyclic) bond motifs is 1. The number of nitrogens with zero attached hydrogens (tertiary/aromatic N) is 1. The molecular weight excluding hydrogens is 218 g/mol. The van der Waals surface area contributed by atoms with Crippen molar-refractivity contribution in [1.29, 1.82) is 0 Å². The summed E-state index contributed by atoms with van der Waals surface area (Å²) < 4.78 is 0.808. The minimum atomic E-state index is -0.355. The fourth-order valence-corrected chi connectivity index (χ4v) is 1.92. The molecule has 1 N–H and O–H groups in total. The minimum absolute atomic E-state index is 0.355. The lowest BCUT2D eigenvalue weighted by atomic mass is 9.94. The van der Waals surface area contributed by atoms with Gasteiger partial charge in [0.2, 0.25) is 0 Å². The number of hydrogen-bond donors (Lipinski definition) is 1. The summed E-state index contributed by atoms with van der Waals surface area (Å²) in [7, 11) is 0. The molecule has 1 aliphatic carbocycles. The summed E-state index contributed by atoms with van der Waals surface area (Å²) in [6.45, 7) is 0. The Hall–Kier alpha value is -0.410. The van der Waals surface area contributed by atoms with E-state index < -0.39 is 0 Å². The van der Waals surface area contributed by atoms with Gasteiger partial charge in [0.1, 0.15) is 4.60 Å². The lowest BCUT2D eigenvalue weighted by molar-refractivity contribution is 0.151. The summed E-state index contributed by atoms with van der Waals surface area (Å²) in [5.74, 6) is 0. The Kier molecular flexibility index (Phi) is 2.15. The lowest BCUT2D eigenvalue weighted by Crippen LogP contribution is -2.11. The highest BCUT2D eigenvalue weighted by molar-refractivity contribution is 9.10. The summed E-state index contributed by atoms with van der Waals surface area (Å²) in [4.78, 5) is 4.26. The highest BCUT2D eigenvalue weighted by Crippen LogP contribution is 2.28. The zero-order valence-corrected chi connectivity index (χ0v) is 8.21. The number of aromatic nitrogens is 1. The van der Waals surface area contributed by atoms with Crippen LogP contribution in [0.1, 0.15) is 30.2 Å². The monoisotopic (exact) mass is 227 g/mol. The van der Waals surface area contributed by atoms with Crippen LogP contribution in [0, 0.1) is 0 Å². The molecule has 0 fully saturated rings. The molecule has 0 bridgehead atoms. The Labute approximate surface area is 79.8 Å². The maximum atomic E-state index is 9.60.